The molecule has 1 aromatic carbocycles. The summed E-state index contributed by atoms with van der Waals surface area (Å²) in [4.78, 5) is 0. The van der Waals surface area contributed by atoms with E-state index in [4.69, 9.17) is 33.4 Å². The van der Waals surface area contributed by atoms with E-state index >= 15 is 0 Å². The van der Waals surface area contributed by atoms with Gasteiger partial charge in [0.15, 0.2) is 0 Å². The smallest absolute Gasteiger partial charge is 0.143 e. The van der Waals surface area contributed by atoms with E-state index in [2.05, 4.69) is 23.7 Å². The minimum Gasteiger partial charge on any atom is -0.317 e. The third-order valence-corrected chi connectivity index (χ3v) is 8.72. The number of nitrogens with zero attached hydrogens (tertiary/aromatic N) is 3. The Morgan fingerprint density at radius 3 is 2.04 bits per heavy atom. The average Bonchev–Trinajstić information content (AvgIpc) is 2.99. The molecule has 0 saturated heterocycles. The number of halogens is 2. The van der Waals surface area contributed by atoms with Gasteiger partial charge in [-0.3, -0.25) is 0 Å². The number of alkyl halides is 1. The minimum absolute atomic E-state index is 0.00330. The summed E-state index contributed by atoms with van der Waals surface area (Å²) in [5.74, 6) is 3.08. The number of aromatic nitrogens is 3. The van der Waals surface area contributed by atoms with Crippen LogP contribution < -0.4 is 0 Å². The van der Waals surface area contributed by atoms with Crippen LogP contribution in [0.2, 0.25) is 5.02 Å². The molecule has 1 aromatic heterocycles. The quantitative estimate of drug-likeness (QED) is 0.557. The lowest BCUT2D eigenvalue weighted by molar-refractivity contribution is 0.0981. The molecule has 5 rings (SSSR count). The van der Waals surface area contributed by atoms with Gasteiger partial charge in [-0.05, 0) is 75.0 Å². The molecular weight excluding hydrogens is 389 g/mol. The monoisotopic (exact) mass is 417 g/mol. The highest BCUT2D eigenvalue weighted by Crippen LogP contribution is 2.55. The molecular formula is C23H29Cl2N3. The Bertz CT molecular complexity index is 841. The molecule has 5 heteroatoms. The lowest BCUT2D eigenvalue weighted by Gasteiger charge is -2.49. The number of rotatable bonds is 4. The third kappa shape index (κ3) is 2.76. The SMILES string of the molecule is Cn1c(C2(c3ccc(Cl)cc3)CCC2)nnc1C1(C2CCC(Cl)CC2)CCC1. The Balaban J connectivity index is 1.51. The van der Waals surface area contributed by atoms with Crippen molar-refractivity contribution < 1.29 is 0 Å². The maximum atomic E-state index is 6.40. The second kappa shape index (κ2) is 7.02. The molecule has 0 N–H and O–H groups in total. The van der Waals surface area contributed by atoms with Gasteiger partial charge in [-0.25, -0.2) is 0 Å². The number of hydrogen-bond acceptors (Lipinski definition) is 2. The van der Waals surface area contributed by atoms with Crippen LogP contribution >= 0.6 is 23.2 Å². The van der Waals surface area contributed by atoms with Crippen molar-refractivity contribution in [1.29, 1.82) is 0 Å². The van der Waals surface area contributed by atoms with Crippen LogP contribution in [0.5, 0.6) is 0 Å². The van der Waals surface area contributed by atoms with E-state index < -0.39 is 0 Å². The Morgan fingerprint density at radius 2 is 1.50 bits per heavy atom. The van der Waals surface area contributed by atoms with E-state index in [9.17, 15) is 0 Å². The summed E-state index contributed by atoms with van der Waals surface area (Å²) in [7, 11) is 2.20. The zero-order valence-corrected chi connectivity index (χ0v) is 18.1. The lowest BCUT2D eigenvalue weighted by atomic mass is 9.57. The second-order valence-electron chi connectivity index (χ2n) is 9.31. The van der Waals surface area contributed by atoms with Crippen molar-refractivity contribution in [2.75, 3.05) is 0 Å². The number of hydrogen-bond donors (Lipinski definition) is 0. The molecule has 0 amide bonds. The second-order valence-corrected chi connectivity index (χ2v) is 10.4. The van der Waals surface area contributed by atoms with Gasteiger partial charge in [0.2, 0.25) is 0 Å². The van der Waals surface area contributed by atoms with Gasteiger partial charge >= 0.3 is 0 Å². The normalized spacial score (nSPS) is 28.4. The van der Waals surface area contributed by atoms with Crippen LogP contribution in [0.1, 0.15) is 81.4 Å². The Kier molecular flexibility index (Phi) is 4.75. The summed E-state index contributed by atoms with van der Waals surface area (Å²) >= 11 is 12.5. The van der Waals surface area contributed by atoms with E-state index in [0.29, 0.717) is 11.3 Å². The molecule has 3 fully saturated rings. The maximum Gasteiger partial charge on any atom is 0.143 e. The predicted octanol–water partition coefficient (Wildman–Crippen LogP) is 6.16. The fraction of sp³-hybridized carbons (Fsp3) is 0.652. The summed E-state index contributed by atoms with van der Waals surface area (Å²) in [6.45, 7) is 0. The van der Waals surface area contributed by atoms with Gasteiger partial charge in [0.25, 0.3) is 0 Å². The van der Waals surface area contributed by atoms with Crippen molar-refractivity contribution in [2.45, 2.75) is 80.4 Å². The molecule has 3 aliphatic rings. The Morgan fingerprint density at radius 1 is 0.893 bits per heavy atom. The molecule has 3 aliphatic carbocycles. The molecule has 0 bridgehead atoms. The molecule has 0 atom stereocenters. The largest absolute Gasteiger partial charge is 0.317 e. The standard InChI is InChI=1S/C23H29Cl2N3/c1-28-20(22(12-2-13-22)16-4-8-18(24)9-5-16)26-27-21(28)23(14-3-15-23)17-6-10-19(25)11-7-17/h4-5,8-9,17,19H,2-3,6-7,10-15H2,1H3. The zero-order valence-electron chi connectivity index (χ0n) is 16.6. The first-order valence-electron chi connectivity index (χ1n) is 10.9. The van der Waals surface area contributed by atoms with Crippen LogP contribution in [0.15, 0.2) is 24.3 Å². The highest BCUT2D eigenvalue weighted by Gasteiger charge is 2.51. The topological polar surface area (TPSA) is 30.7 Å². The van der Waals surface area contributed by atoms with Crippen molar-refractivity contribution in [3.63, 3.8) is 0 Å². The van der Waals surface area contributed by atoms with E-state index in [1.807, 2.05) is 12.1 Å². The van der Waals surface area contributed by atoms with E-state index in [-0.39, 0.29) is 10.8 Å². The molecule has 1 heterocycles. The van der Waals surface area contributed by atoms with Gasteiger partial charge < -0.3 is 4.57 Å². The summed E-state index contributed by atoms with van der Waals surface area (Å²) < 4.78 is 2.36. The molecule has 0 spiro atoms. The molecule has 0 unspecified atom stereocenters. The zero-order chi connectivity index (χ0) is 19.4. The first-order chi connectivity index (χ1) is 13.6. The predicted molar refractivity (Wildman–Crippen MR) is 114 cm³/mol. The molecule has 3 nitrogen and oxygen atoms in total. The van der Waals surface area contributed by atoms with Crippen molar-refractivity contribution in [3.8, 4) is 0 Å². The average molecular weight is 418 g/mol. The maximum absolute atomic E-state index is 6.40. The van der Waals surface area contributed by atoms with Gasteiger partial charge in [-0.15, -0.1) is 21.8 Å². The van der Waals surface area contributed by atoms with Crippen LogP contribution in [-0.2, 0) is 17.9 Å². The fourth-order valence-corrected chi connectivity index (χ4v) is 6.48. The Hall–Kier alpha value is -1.06. The van der Waals surface area contributed by atoms with Crippen molar-refractivity contribution in [3.05, 3.63) is 46.5 Å². The summed E-state index contributed by atoms with van der Waals surface area (Å²) in [5.41, 5.74) is 1.56. The van der Waals surface area contributed by atoms with Gasteiger partial charge in [-0.2, -0.15) is 0 Å². The summed E-state index contributed by atoms with van der Waals surface area (Å²) in [6.07, 6.45) is 12.1. The van der Waals surface area contributed by atoms with Gasteiger partial charge in [0.1, 0.15) is 11.6 Å². The molecule has 28 heavy (non-hydrogen) atoms. The van der Waals surface area contributed by atoms with E-state index in [1.54, 1.807) is 0 Å². The van der Waals surface area contributed by atoms with Crippen molar-refractivity contribution >= 4 is 23.2 Å². The first kappa shape index (κ1) is 18.9. The fourth-order valence-electron chi connectivity index (χ4n) is 6.10. The van der Waals surface area contributed by atoms with Gasteiger partial charge in [-0.1, -0.05) is 36.6 Å². The van der Waals surface area contributed by atoms with Crippen molar-refractivity contribution in [1.82, 2.24) is 14.8 Å². The van der Waals surface area contributed by atoms with Crippen LogP contribution in [0.4, 0.5) is 0 Å². The van der Waals surface area contributed by atoms with Crippen LogP contribution in [0.25, 0.3) is 0 Å². The van der Waals surface area contributed by atoms with E-state index in [0.717, 1.165) is 36.5 Å². The van der Waals surface area contributed by atoms with E-state index in [1.165, 1.54) is 49.9 Å². The molecule has 150 valence electrons. The highest BCUT2D eigenvalue weighted by molar-refractivity contribution is 6.30. The van der Waals surface area contributed by atoms with Crippen molar-refractivity contribution in [2.24, 2.45) is 13.0 Å². The first-order valence-corrected chi connectivity index (χ1v) is 11.7. The van der Waals surface area contributed by atoms with Crippen LogP contribution in [-0.4, -0.2) is 20.1 Å². The van der Waals surface area contributed by atoms with Gasteiger partial charge in [0, 0.05) is 22.9 Å². The molecule has 3 saturated carbocycles. The third-order valence-electron chi connectivity index (χ3n) is 8.04. The molecule has 0 aliphatic heterocycles. The minimum atomic E-state index is 0.00330. The summed E-state index contributed by atoms with van der Waals surface area (Å²) in [6, 6.07) is 8.37. The van der Waals surface area contributed by atoms with Gasteiger partial charge in [0.05, 0.1) is 5.41 Å². The Labute approximate surface area is 177 Å². The summed E-state index contributed by atoms with van der Waals surface area (Å²) in [5, 5.41) is 10.8. The molecule has 0 radical (unpaired) electrons. The van der Waals surface area contributed by atoms with Crippen LogP contribution in [0.3, 0.4) is 0 Å². The molecule has 2 aromatic rings. The number of benzene rings is 1. The highest BCUT2D eigenvalue weighted by atomic mass is 35.5. The lowest BCUT2D eigenvalue weighted by Crippen LogP contribution is -2.46. The van der Waals surface area contributed by atoms with Crippen LogP contribution in [0, 0.1) is 5.92 Å².